The van der Waals surface area contributed by atoms with Gasteiger partial charge in [0.05, 0.1) is 18.8 Å². The molecule has 0 bridgehead atoms. The summed E-state index contributed by atoms with van der Waals surface area (Å²) in [5, 5.41) is 30.1. The Morgan fingerprint density at radius 3 is 2.50 bits per heavy atom. The molecule has 28 heavy (non-hydrogen) atoms. The normalized spacial score (nSPS) is 25.8. The van der Waals surface area contributed by atoms with Crippen LogP contribution in [0.1, 0.15) is 46.0 Å². The highest BCUT2D eigenvalue weighted by molar-refractivity contribution is 6.03. The van der Waals surface area contributed by atoms with Gasteiger partial charge in [-0.1, -0.05) is 18.2 Å². The van der Waals surface area contributed by atoms with Crippen LogP contribution >= 0.6 is 0 Å². The molecule has 0 spiro atoms. The average Bonchev–Trinajstić information content (AvgIpc) is 2.65. The zero-order valence-corrected chi connectivity index (χ0v) is 15.5. The van der Waals surface area contributed by atoms with E-state index >= 15 is 0 Å². The van der Waals surface area contributed by atoms with E-state index in [9.17, 15) is 29.7 Å². The van der Waals surface area contributed by atoms with Crippen LogP contribution in [0.4, 0.5) is 0 Å². The zero-order chi connectivity index (χ0) is 20.8. The van der Waals surface area contributed by atoms with Crippen LogP contribution < -0.4 is 0 Å². The van der Waals surface area contributed by atoms with Gasteiger partial charge in [0.2, 0.25) is 0 Å². The van der Waals surface area contributed by atoms with Crippen LogP contribution in [0.5, 0.6) is 5.75 Å². The van der Waals surface area contributed by atoms with Crippen molar-refractivity contribution in [2.75, 3.05) is 7.11 Å². The van der Waals surface area contributed by atoms with Gasteiger partial charge in [0.25, 0.3) is 0 Å². The summed E-state index contributed by atoms with van der Waals surface area (Å²) in [6.45, 7) is 1.58. The molecule has 3 N–H and O–H groups in total. The maximum absolute atomic E-state index is 12.6. The van der Waals surface area contributed by atoms with Gasteiger partial charge < -0.3 is 24.8 Å². The summed E-state index contributed by atoms with van der Waals surface area (Å²) >= 11 is 0. The zero-order valence-electron chi connectivity index (χ0n) is 15.5. The van der Waals surface area contributed by atoms with Crippen LogP contribution in [0.2, 0.25) is 0 Å². The number of ketones is 1. The fourth-order valence-corrected chi connectivity index (χ4v) is 2.69. The lowest BCUT2D eigenvalue weighted by Crippen LogP contribution is -2.32. The van der Waals surface area contributed by atoms with Gasteiger partial charge in [-0.25, -0.2) is 9.59 Å². The average molecular weight is 390 g/mol. The van der Waals surface area contributed by atoms with E-state index in [-0.39, 0.29) is 35.3 Å². The minimum absolute atomic E-state index is 0.00857. The Bertz CT molecular complexity index is 824. The number of methoxy groups -OCH3 is 1. The predicted octanol–water partition coefficient (Wildman–Crippen LogP) is 1.38. The second-order valence-corrected chi connectivity index (χ2v) is 6.32. The predicted molar refractivity (Wildman–Crippen MR) is 98.8 cm³/mol. The molecule has 0 fully saturated rings. The van der Waals surface area contributed by atoms with E-state index in [2.05, 4.69) is 0 Å². The Kier molecular flexibility index (Phi) is 7.08. The first kappa shape index (κ1) is 21.3. The summed E-state index contributed by atoms with van der Waals surface area (Å²) in [6, 6.07) is 2.48. The third-order valence-corrected chi connectivity index (χ3v) is 4.21. The standard InChI is InChI=1S/C20H22O8/c1-11-5-3-7-15(22)18(24)16(23)8-4-6-12-13(19(25)27-2)9-10-14(21)17(12)20(26)28-11/h3-4,6-7,9-11,16,18,21,23-24H,5,8H2,1-2H3/b6-4+,7-3-/t11-,16-,18+/m0/s1. The molecule has 0 saturated heterocycles. The Balaban J connectivity index is 2.57. The highest BCUT2D eigenvalue weighted by Gasteiger charge is 2.25. The highest BCUT2D eigenvalue weighted by Crippen LogP contribution is 2.28. The van der Waals surface area contributed by atoms with Gasteiger partial charge in [-0.15, -0.1) is 0 Å². The summed E-state index contributed by atoms with van der Waals surface area (Å²) in [4.78, 5) is 36.5. The van der Waals surface area contributed by atoms with Crippen LogP contribution in [-0.4, -0.2) is 58.5 Å². The first-order valence-corrected chi connectivity index (χ1v) is 8.64. The van der Waals surface area contributed by atoms with Gasteiger partial charge in [-0.3, -0.25) is 4.79 Å². The number of aliphatic hydroxyl groups excluding tert-OH is 2. The Labute approximate surface area is 161 Å². The largest absolute Gasteiger partial charge is 0.507 e. The van der Waals surface area contributed by atoms with Gasteiger partial charge >= 0.3 is 11.9 Å². The molecule has 1 aromatic carbocycles. The van der Waals surface area contributed by atoms with E-state index in [4.69, 9.17) is 9.47 Å². The lowest BCUT2D eigenvalue weighted by molar-refractivity contribution is -0.127. The van der Waals surface area contributed by atoms with Crippen molar-refractivity contribution in [1.29, 1.82) is 0 Å². The molecule has 1 aromatic rings. The lowest BCUT2D eigenvalue weighted by Gasteiger charge is -2.17. The van der Waals surface area contributed by atoms with E-state index in [0.717, 1.165) is 6.08 Å². The van der Waals surface area contributed by atoms with E-state index in [1.165, 1.54) is 37.5 Å². The SMILES string of the molecule is COC(=O)c1ccc(O)c2c1/C=C/C[C@H](O)[C@H](O)C(=O)/C=C\C[C@H](C)OC2=O. The number of fused-ring (bicyclic) bond motifs is 1. The number of aromatic hydroxyl groups is 1. The fraction of sp³-hybridized carbons (Fsp3) is 0.350. The summed E-state index contributed by atoms with van der Waals surface area (Å²) in [6.07, 6.45) is 1.61. The van der Waals surface area contributed by atoms with Gasteiger partial charge in [0.15, 0.2) is 5.78 Å². The minimum Gasteiger partial charge on any atom is -0.507 e. The van der Waals surface area contributed by atoms with Gasteiger partial charge in [0, 0.05) is 12.0 Å². The van der Waals surface area contributed by atoms with Crippen molar-refractivity contribution < 1.29 is 39.2 Å². The Morgan fingerprint density at radius 2 is 1.82 bits per heavy atom. The van der Waals surface area contributed by atoms with Gasteiger partial charge in [0.1, 0.15) is 23.5 Å². The van der Waals surface area contributed by atoms with Gasteiger partial charge in [-0.05, 0) is 31.6 Å². The van der Waals surface area contributed by atoms with Crippen molar-refractivity contribution in [1.82, 2.24) is 0 Å². The number of phenolic OH excluding ortho intramolecular Hbond substituents is 1. The molecular formula is C20H22O8. The molecule has 0 amide bonds. The molecule has 0 aliphatic carbocycles. The van der Waals surface area contributed by atoms with E-state index in [1.807, 2.05) is 0 Å². The number of aliphatic hydroxyl groups is 2. The Hall–Kier alpha value is -2.97. The number of cyclic esters (lactones) is 1. The van der Waals surface area contributed by atoms with Crippen LogP contribution in [0.3, 0.4) is 0 Å². The molecule has 3 atom stereocenters. The second kappa shape index (κ2) is 9.29. The van der Waals surface area contributed by atoms with Crippen molar-refractivity contribution in [3.8, 4) is 5.75 Å². The van der Waals surface area contributed by atoms with Crippen molar-refractivity contribution in [2.24, 2.45) is 0 Å². The summed E-state index contributed by atoms with van der Waals surface area (Å²) in [5.74, 6) is -2.65. The minimum atomic E-state index is -1.62. The number of ether oxygens (including phenoxy) is 2. The molecule has 2 rings (SSSR count). The smallest absolute Gasteiger partial charge is 0.342 e. The van der Waals surface area contributed by atoms with Crippen LogP contribution in [0.15, 0.2) is 30.4 Å². The van der Waals surface area contributed by atoms with E-state index < -0.39 is 36.0 Å². The fourth-order valence-electron chi connectivity index (χ4n) is 2.69. The summed E-state index contributed by atoms with van der Waals surface area (Å²) < 4.78 is 10.0. The van der Waals surface area contributed by atoms with Crippen LogP contribution in [0, 0.1) is 0 Å². The summed E-state index contributed by atoms with van der Waals surface area (Å²) in [5.41, 5.74) is -0.169. The number of benzene rings is 1. The Morgan fingerprint density at radius 1 is 1.14 bits per heavy atom. The number of rotatable bonds is 1. The maximum atomic E-state index is 12.6. The third kappa shape index (κ3) is 4.85. The third-order valence-electron chi connectivity index (χ3n) is 4.21. The molecule has 0 radical (unpaired) electrons. The number of carbonyl (C=O) groups excluding carboxylic acids is 3. The molecule has 150 valence electrons. The molecular weight excluding hydrogens is 368 g/mol. The molecule has 1 aliphatic heterocycles. The number of hydrogen-bond donors (Lipinski definition) is 3. The van der Waals surface area contributed by atoms with Crippen LogP contribution in [-0.2, 0) is 14.3 Å². The number of phenols is 1. The molecule has 0 aromatic heterocycles. The number of esters is 2. The monoisotopic (exact) mass is 390 g/mol. The van der Waals surface area contributed by atoms with Crippen molar-refractivity contribution in [2.45, 2.75) is 38.1 Å². The molecule has 0 unspecified atom stereocenters. The van der Waals surface area contributed by atoms with E-state index in [0.29, 0.717) is 0 Å². The molecule has 1 heterocycles. The van der Waals surface area contributed by atoms with Crippen molar-refractivity contribution in [3.05, 3.63) is 47.1 Å². The molecule has 0 saturated carbocycles. The highest BCUT2D eigenvalue weighted by atomic mass is 16.5. The number of carbonyl (C=O) groups is 3. The topological polar surface area (TPSA) is 130 Å². The first-order valence-electron chi connectivity index (χ1n) is 8.64. The van der Waals surface area contributed by atoms with Crippen LogP contribution in [0.25, 0.3) is 6.08 Å². The molecule has 1 aliphatic rings. The number of hydrogen-bond acceptors (Lipinski definition) is 8. The molecule has 8 nitrogen and oxygen atoms in total. The van der Waals surface area contributed by atoms with Gasteiger partial charge in [-0.2, -0.15) is 0 Å². The summed E-state index contributed by atoms with van der Waals surface area (Å²) in [7, 11) is 1.17. The first-order chi connectivity index (χ1) is 13.3. The second-order valence-electron chi connectivity index (χ2n) is 6.32. The maximum Gasteiger partial charge on any atom is 0.342 e. The van der Waals surface area contributed by atoms with Crippen molar-refractivity contribution in [3.63, 3.8) is 0 Å². The molecule has 8 heteroatoms. The van der Waals surface area contributed by atoms with E-state index in [1.54, 1.807) is 6.92 Å². The lowest BCUT2D eigenvalue weighted by atomic mass is 9.97. The van der Waals surface area contributed by atoms with Crippen molar-refractivity contribution >= 4 is 23.8 Å². The quantitative estimate of drug-likeness (QED) is 0.613.